The van der Waals surface area contributed by atoms with Gasteiger partial charge >= 0.3 is 5.97 Å². The summed E-state index contributed by atoms with van der Waals surface area (Å²) in [4.78, 5) is 24.0. The Kier molecular flexibility index (Phi) is 6.37. The van der Waals surface area contributed by atoms with Crippen LogP contribution in [-0.2, 0) is 14.3 Å². The minimum atomic E-state index is -0.659. The molecule has 3 N–H and O–H groups in total. The fraction of sp³-hybridized carbons (Fsp3) is 0.500. The Morgan fingerprint density at radius 1 is 1.14 bits per heavy atom. The Bertz CT molecular complexity index is 474. The van der Waals surface area contributed by atoms with Gasteiger partial charge in [-0.25, -0.2) is 4.79 Å². The van der Waals surface area contributed by atoms with E-state index in [0.717, 1.165) is 5.56 Å². The molecule has 0 saturated carbocycles. The molecule has 1 aromatic rings. The van der Waals surface area contributed by atoms with Crippen LogP contribution in [0.15, 0.2) is 30.3 Å². The number of nitrogens with one attached hydrogen (secondary N) is 1. The van der Waals surface area contributed by atoms with E-state index in [1.807, 2.05) is 44.2 Å². The monoisotopic (exact) mass is 292 g/mol. The Morgan fingerprint density at radius 3 is 2.19 bits per heavy atom. The number of benzene rings is 1. The number of amides is 1. The molecule has 1 aromatic carbocycles. The predicted molar refractivity (Wildman–Crippen MR) is 81.3 cm³/mol. The molecule has 1 rings (SSSR count). The third-order valence-electron chi connectivity index (χ3n) is 3.56. The summed E-state index contributed by atoms with van der Waals surface area (Å²) in [7, 11) is 1.31. The largest absolute Gasteiger partial charge is 0.467 e. The molecule has 0 aromatic heterocycles. The van der Waals surface area contributed by atoms with Crippen LogP contribution in [-0.4, -0.2) is 25.0 Å². The van der Waals surface area contributed by atoms with Crippen molar-refractivity contribution >= 4 is 11.9 Å². The van der Waals surface area contributed by atoms with Gasteiger partial charge in [0.05, 0.1) is 13.0 Å². The fourth-order valence-corrected chi connectivity index (χ4v) is 2.04. The topological polar surface area (TPSA) is 81.4 Å². The number of carbonyl (C=O) groups excluding carboxylic acids is 2. The van der Waals surface area contributed by atoms with Gasteiger partial charge in [-0.05, 0) is 11.5 Å². The van der Waals surface area contributed by atoms with E-state index < -0.39 is 24.0 Å². The lowest BCUT2D eigenvalue weighted by Gasteiger charge is -2.24. The zero-order valence-corrected chi connectivity index (χ0v) is 13.0. The number of hydrogen-bond donors (Lipinski definition) is 2. The summed E-state index contributed by atoms with van der Waals surface area (Å²) >= 11 is 0. The number of rotatable bonds is 6. The van der Waals surface area contributed by atoms with Gasteiger partial charge in [0.15, 0.2) is 0 Å². The molecule has 0 saturated heterocycles. The second-order valence-electron chi connectivity index (χ2n) is 5.48. The molecule has 5 heteroatoms. The molecule has 3 atom stereocenters. The van der Waals surface area contributed by atoms with E-state index in [1.165, 1.54) is 7.11 Å². The summed E-state index contributed by atoms with van der Waals surface area (Å²) in [6.45, 7) is 5.45. The smallest absolute Gasteiger partial charge is 0.328 e. The number of nitrogens with two attached hydrogens (primary N) is 1. The molecule has 0 aliphatic carbocycles. The van der Waals surface area contributed by atoms with E-state index in [4.69, 9.17) is 10.5 Å². The first kappa shape index (κ1) is 17.2. The zero-order chi connectivity index (χ0) is 16.0. The molecule has 0 aliphatic rings. The zero-order valence-electron chi connectivity index (χ0n) is 13.0. The number of methoxy groups -OCH3 is 1. The van der Waals surface area contributed by atoms with E-state index in [2.05, 4.69) is 5.32 Å². The molecule has 0 bridgehead atoms. The van der Waals surface area contributed by atoms with Gasteiger partial charge in [-0.3, -0.25) is 4.79 Å². The molecule has 0 heterocycles. The summed E-state index contributed by atoms with van der Waals surface area (Å²) in [6, 6.07) is 8.34. The average molecular weight is 292 g/mol. The predicted octanol–water partition coefficient (Wildman–Crippen LogP) is 1.64. The molecular weight excluding hydrogens is 268 g/mol. The lowest BCUT2D eigenvalue weighted by molar-refractivity contribution is -0.147. The lowest BCUT2D eigenvalue weighted by atomic mass is 9.93. The summed E-state index contributed by atoms with van der Waals surface area (Å²) in [5, 5.41) is 2.72. The highest BCUT2D eigenvalue weighted by molar-refractivity contribution is 5.86. The van der Waals surface area contributed by atoms with Crippen molar-refractivity contribution in [3.05, 3.63) is 35.9 Å². The summed E-state index contributed by atoms with van der Waals surface area (Å²) < 4.78 is 4.71. The number of carbonyl (C=O) groups is 2. The van der Waals surface area contributed by atoms with Gasteiger partial charge in [-0.1, -0.05) is 51.1 Å². The minimum Gasteiger partial charge on any atom is -0.467 e. The van der Waals surface area contributed by atoms with Crippen LogP contribution in [0.25, 0.3) is 0 Å². The third-order valence-corrected chi connectivity index (χ3v) is 3.56. The quantitative estimate of drug-likeness (QED) is 0.781. The summed E-state index contributed by atoms with van der Waals surface area (Å²) in [5.41, 5.74) is 7.01. The molecule has 116 valence electrons. The maximum absolute atomic E-state index is 12.3. The van der Waals surface area contributed by atoms with Crippen LogP contribution >= 0.6 is 0 Å². The normalized spacial score (nSPS) is 15.1. The Morgan fingerprint density at radius 2 is 1.71 bits per heavy atom. The van der Waals surface area contributed by atoms with Gasteiger partial charge in [-0.2, -0.15) is 0 Å². The average Bonchev–Trinajstić information content (AvgIpc) is 2.50. The molecule has 0 spiro atoms. The van der Waals surface area contributed by atoms with Crippen LogP contribution < -0.4 is 11.1 Å². The van der Waals surface area contributed by atoms with Gasteiger partial charge in [-0.15, -0.1) is 0 Å². The Labute approximate surface area is 125 Å². The van der Waals surface area contributed by atoms with E-state index in [0.29, 0.717) is 0 Å². The van der Waals surface area contributed by atoms with Crippen LogP contribution in [0.2, 0.25) is 0 Å². The number of esters is 1. The highest BCUT2D eigenvalue weighted by atomic mass is 16.5. The minimum absolute atomic E-state index is 0.0541. The van der Waals surface area contributed by atoms with Crippen LogP contribution in [0.3, 0.4) is 0 Å². The molecule has 0 radical (unpaired) electrons. The van der Waals surface area contributed by atoms with E-state index in [-0.39, 0.29) is 11.8 Å². The first-order valence-electron chi connectivity index (χ1n) is 7.07. The molecular formula is C16H24N2O3. The highest BCUT2D eigenvalue weighted by Gasteiger charge is 2.29. The van der Waals surface area contributed by atoms with Gasteiger partial charge in [0, 0.05) is 6.04 Å². The maximum atomic E-state index is 12.3. The second-order valence-corrected chi connectivity index (χ2v) is 5.48. The van der Waals surface area contributed by atoms with E-state index >= 15 is 0 Å². The molecule has 21 heavy (non-hydrogen) atoms. The van der Waals surface area contributed by atoms with Crippen molar-refractivity contribution in [1.29, 1.82) is 0 Å². The molecule has 1 amide bonds. The molecule has 0 aliphatic heterocycles. The molecule has 5 nitrogen and oxygen atoms in total. The van der Waals surface area contributed by atoms with Crippen molar-refractivity contribution < 1.29 is 14.3 Å². The Hall–Kier alpha value is -1.88. The van der Waals surface area contributed by atoms with Gasteiger partial charge in [0.2, 0.25) is 5.91 Å². The highest BCUT2D eigenvalue weighted by Crippen LogP contribution is 2.19. The first-order valence-corrected chi connectivity index (χ1v) is 7.07. The van der Waals surface area contributed by atoms with Crippen LogP contribution in [0.1, 0.15) is 32.4 Å². The van der Waals surface area contributed by atoms with Crippen LogP contribution in [0, 0.1) is 11.8 Å². The Balaban J connectivity index is 2.75. The van der Waals surface area contributed by atoms with Crippen LogP contribution in [0.4, 0.5) is 0 Å². The SMILES string of the molecule is COC(=O)[C@@H](NC(=O)C(C)C(N)c1ccccc1)C(C)C. The van der Waals surface area contributed by atoms with Crippen LogP contribution in [0.5, 0.6) is 0 Å². The van der Waals surface area contributed by atoms with Crippen molar-refractivity contribution in [1.82, 2.24) is 5.32 Å². The molecule has 0 fully saturated rings. The lowest BCUT2D eigenvalue weighted by Crippen LogP contribution is -2.48. The number of ether oxygens (including phenoxy) is 1. The number of hydrogen-bond acceptors (Lipinski definition) is 4. The maximum Gasteiger partial charge on any atom is 0.328 e. The summed E-state index contributed by atoms with van der Waals surface area (Å²) in [6.07, 6.45) is 0. The van der Waals surface area contributed by atoms with Crippen molar-refractivity contribution in [2.45, 2.75) is 32.9 Å². The molecule has 2 unspecified atom stereocenters. The fourth-order valence-electron chi connectivity index (χ4n) is 2.04. The second kappa shape index (κ2) is 7.78. The van der Waals surface area contributed by atoms with E-state index in [9.17, 15) is 9.59 Å². The van der Waals surface area contributed by atoms with E-state index in [1.54, 1.807) is 6.92 Å². The van der Waals surface area contributed by atoms with Crippen molar-refractivity contribution in [2.24, 2.45) is 17.6 Å². The van der Waals surface area contributed by atoms with Crippen molar-refractivity contribution in [3.63, 3.8) is 0 Å². The van der Waals surface area contributed by atoms with Gasteiger partial charge < -0.3 is 15.8 Å². The van der Waals surface area contributed by atoms with Gasteiger partial charge in [0.1, 0.15) is 6.04 Å². The summed E-state index contributed by atoms with van der Waals surface area (Å²) in [5.74, 6) is -1.20. The standard InChI is InChI=1S/C16H24N2O3/c1-10(2)14(16(20)21-4)18-15(19)11(3)13(17)12-8-6-5-7-9-12/h5-11,13-14H,17H2,1-4H3,(H,18,19)/t11?,13?,14-/m0/s1. The van der Waals surface area contributed by atoms with Gasteiger partial charge in [0.25, 0.3) is 0 Å². The van der Waals surface area contributed by atoms with Crippen molar-refractivity contribution in [3.8, 4) is 0 Å². The first-order chi connectivity index (χ1) is 9.88. The third kappa shape index (κ3) is 4.56. The van der Waals surface area contributed by atoms with Crippen molar-refractivity contribution in [2.75, 3.05) is 7.11 Å².